The molecule has 1 aromatic heterocycles. The molecule has 0 bridgehead atoms. The molecular weight excluding hydrogens is 266 g/mol. The zero-order chi connectivity index (χ0) is 15.1. The molecule has 0 spiro atoms. The lowest BCUT2D eigenvalue weighted by Gasteiger charge is -2.04. The molecule has 0 unspecified atom stereocenters. The summed E-state index contributed by atoms with van der Waals surface area (Å²) >= 11 is 0. The molecule has 4 nitrogen and oxygen atoms in total. The van der Waals surface area contributed by atoms with Crippen LogP contribution in [0.25, 0.3) is 11.1 Å². The van der Waals surface area contributed by atoms with Gasteiger partial charge in [-0.3, -0.25) is 9.36 Å². The Kier molecular flexibility index (Phi) is 3.01. The van der Waals surface area contributed by atoms with Crippen molar-refractivity contribution in [2.75, 3.05) is 0 Å². The van der Waals surface area contributed by atoms with Gasteiger partial charge in [-0.25, -0.2) is 4.79 Å². The predicted molar refractivity (Wildman–Crippen MR) is 80.8 cm³/mol. The zero-order valence-electron chi connectivity index (χ0n) is 12.1. The Morgan fingerprint density at radius 2 is 1.67 bits per heavy atom. The third-order valence-corrected chi connectivity index (χ3v) is 3.54. The van der Waals surface area contributed by atoms with Crippen LogP contribution in [0.15, 0.2) is 45.6 Å². The molecule has 0 atom stereocenters. The van der Waals surface area contributed by atoms with E-state index in [9.17, 15) is 9.59 Å². The van der Waals surface area contributed by atoms with E-state index >= 15 is 0 Å². The van der Waals surface area contributed by atoms with Gasteiger partial charge in [0.15, 0.2) is 11.4 Å². The van der Waals surface area contributed by atoms with E-state index in [0.717, 1.165) is 11.1 Å². The average Bonchev–Trinajstić information content (AvgIpc) is 2.71. The van der Waals surface area contributed by atoms with Crippen LogP contribution in [-0.4, -0.2) is 10.4 Å². The maximum absolute atomic E-state index is 12.6. The molecule has 0 aliphatic rings. The quantitative estimate of drug-likeness (QED) is 0.678. The first-order chi connectivity index (χ1) is 9.95. The molecule has 4 heteroatoms. The lowest BCUT2D eigenvalue weighted by molar-refractivity contribution is 0.103. The van der Waals surface area contributed by atoms with Gasteiger partial charge in [-0.2, -0.15) is 0 Å². The van der Waals surface area contributed by atoms with Crippen molar-refractivity contribution < 1.29 is 9.21 Å². The van der Waals surface area contributed by atoms with Gasteiger partial charge < -0.3 is 4.42 Å². The summed E-state index contributed by atoms with van der Waals surface area (Å²) in [6.45, 7) is 3.92. The summed E-state index contributed by atoms with van der Waals surface area (Å²) < 4.78 is 6.55. The second-order valence-electron chi connectivity index (χ2n) is 5.32. The summed E-state index contributed by atoms with van der Waals surface area (Å²) in [5.74, 6) is -0.504. The number of aromatic nitrogens is 1. The van der Waals surface area contributed by atoms with Crippen molar-refractivity contribution in [2.24, 2.45) is 7.05 Å². The third kappa shape index (κ3) is 2.29. The number of benzene rings is 2. The van der Waals surface area contributed by atoms with Gasteiger partial charge in [-0.15, -0.1) is 0 Å². The highest BCUT2D eigenvalue weighted by Gasteiger charge is 2.13. The number of oxazole rings is 1. The Balaban J connectivity index is 2.11. The number of aryl methyl sites for hydroxylation is 3. The maximum atomic E-state index is 12.6. The molecule has 3 rings (SSSR count). The van der Waals surface area contributed by atoms with E-state index in [2.05, 4.69) is 0 Å². The summed E-state index contributed by atoms with van der Waals surface area (Å²) in [7, 11) is 1.64. The lowest BCUT2D eigenvalue weighted by atomic mass is 9.99. The molecule has 106 valence electrons. The van der Waals surface area contributed by atoms with Crippen LogP contribution in [-0.2, 0) is 7.05 Å². The monoisotopic (exact) mass is 281 g/mol. The second kappa shape index (κ2) is 4.74. The number of fused-ring (bicyclic) bond motifs is 1. The van der Waals surface area contributed by atoms with E-state index in [0.29, 0.717) is 22.2 Å². The van der Waals surface area contributed by atoms with E-state index in [1.165, 1.54) is 4.57 Å². The van der Waals surface area contributed by atoms with Crippen molar-refractivity contribution >= 4 is 16.9 Å². The average molecular weight is 281 g/mol. The number of hydrogen-bond acceptors (Lipinski definition) is 3. The SMILES string of the molecule is Cc1cc(C)cc(C(=O)c2ccc3c(c2)oc(=O)n3C)c1. The smallest absolute Gasteiger partial charge is 0.408 e. The van der Waals surface area contributed by atoms with Crippen LogP contribution in [0, 0.1) is 13.8 Å². The van der Waals surface area contributed by atoms with Gasteiger partial charge >= 0.3 is 5.76 Å². The highest BCUT2D eigenvalue weighted by atomic mass is 16.4. The normalized spacial score (nSPS) is 11.0. The van der Waals surface area contributed by atoms with E-state index in [4.69, 9.17) is 4.42 Å². The van der Waals surface area contributed by atoms with E-state index in [1.54, 1.807) is 25.2 Å². The minimum absolute atomic E-state index is 0.0739. The number of nitrogens with zero attached hydrogens (tertiary/aromatic N) is 1. The van der Waals surface area contributed by atoms with Crippen molar-refractivity contribution in [1.82, 2.24) is 4.57 Å². The molecule has 0 fully saturated rings. The highest BCUT2D eigenvalue weighted by molar-refractivity contribution is 6.10. The Hall–Kier alpha value is -2.62. The molecular formula is C17H15NO3. The van der Waals surface area contributed by atoms with Gasteiger partial charge in [0.25, 0.3) is 0 Å². The fourth-order valence-electron chi connectivity index (χ4n) is 2.55. The zero-order valence-corrected chi connectivity index (χ0v) is 12.1. The van der Waals surface area contributed by atoms with Crippen LogP contribution in [0.4, 0.5) is 0 Å². The number of hydrogen-bond donors (Lipinski definition) is 0. The Morgan fingerprint density at radius 1 is 1.00 bits per heavy atom. The van der Waals surface area contributed by atoms with Gasteiger partial charge in [-0.05, 0) is 44.2 Å². The van der Waals surface area contributed by atoms with Gasteiger partial charge in [0.05, 0.1) is 5.52 Å². The highest BCUT2D eigenvalue weighted by Crippen LogP contribution is 2.18. The van der Waals surface area contributed by atoms with Crippen molar-refractivity contribution in [3.8, 4) is 0 Å². The van der Waals surface area contributed by atoms with Crippen LogP contribution in [0.1, 0.15) is 27.0 Å². The predicted octanol–water partition coefficient (Wildman–Crippen LogP) is 2.98. The summed E-state index contributed by atoms with van der Waals surface area (Å²) in [5, 5.41) is 0. The molecule has 2 aromatic carbocycles. The van der Waals surface area contributed by atoms with Gasteiger partial charge in [-0.1, -0.05) is 17.2 Å². The minimum atomic E-state index is -0.430. The van der Waals surface area contributed by atoms with Crippen molar-refractivity contribution in [1.29, 1.82) is 0 Å². The van der Waals surface area contributed by atoms with Crippen LogP contribution in [0.5, 0.6) is 0 Å². The van der Waals surface area contributed by atoms with E-state index < -0.39 is 5.76 Å². The Morgan fingerprint density at radius 3 is 2.33 bits per heavy atom. The first-order valence-electron chi connectivity index (χ1n) is 6.68. The Labute approximate surface area is 121 Å². The van der Waals surface area contributed by atoms with Gasteiger partial charge in [0, 0.05) is 18.2 Å². The number of carbonyl (C=O) groups is 1. The third-order valence-electron chi connectivity index (χ3n) is 3.54. The molecule has 0 aliphatic heterocycles. The Bertz CT molecular complexity index is 895. The molecule has 21 heavy (non-hydrogen) atoms. The van der Waals surface area contributed by atoms with E-state index in [-0.39, 0.29) is 5.78 Å². The molecule has 0 saturated carbocycles. The lowest BCUT2D eigenvalue weighted by Crippen LogP contribution is -2.08. The van der Waals surface area contributed by atoms with Crippen molar-refractivity contribution in [2.45, 2.75) is 13.8 Å². The van der Waals surface area contributed by atoms with Crippen molar-refractivity contribution in [3.05, 3.63) is 69.2 Å². The fourth-order valence-corrected chi connectivity index (χ4v) is 2.55. The minimum Gasteiger partial charge on any atom is -0.408 e. The fraction of sp³-hybridized carbons (Fsp3) is 0.176. The first kappa shape index (κ1) is 13.4. The van der Waals surface area contributed by atoms with Gasteiger partial charge in [0.2, 0.25) is 0 Å². The van der Waals surface area contributed by atoms with Crippen LogP contribution in [0.3, 0.4) is 0 Å². The summed E-state index contributed by atoms with van der Waals surface area (Å²) in [5.41, 5.74) is 4.36. The molecule has 0 N–H and O–H groups in total. The topological polar surface area (TPSA) is 52.2 Å². The molecule has 0 saturated heterocycles. The van der Waals surface area contributed by atoms with Crippen LogP contribution in [0.2, 0.25) is 0 Å². The molecule has 0 amide bonds. The molecule has 3 aromatic rings. The number of ketones is 1. The summed E-state index contributed by atoms with van der Waals surface area (Å²) in [6, 6.07) is 10.8. The number of rotatable bonds is 2. The number of carbonyl (C=O) groups excluding carboxylic acids is 1. The van der Waals surface area contributed by atoms with Crippen molar-refractivity contribution in [3.63, 3.8) is 0 Å². The first-order valence-corrected chi connectivity index (χ1v) is 6.68. The maximum Gasteiger partial charge on any atom is 0.419 e. The standard InChI is InChI=1S/C17H15NO3/c1-10-6-11(2)8-13(7-10)16(19)12-4-5-14-15(9-12)21-17(20)18(14)3/h4-9H,1-3H3. The van der Waals surface area contributed by atoms with Gasteiger partial charge in [0.1, 0.15) is 0 Å². The van der Waals surface area contributed by atoms with Crippen LogP contribution >= 0.6 is 0 Å². The summed E-state index contributed by atoms with van der Waals surface area (Å²) in [6.07, 6.45) is 0. The van der Waals surface area contributed by atoms with Crippen LogP contribution < -0.4 is 5.76 Å². The molecule has 0 aliphatic carbocycles. The second-order valence-corrected chi connectivity index (χ2v) is 5.32. The largest absolute Gasteiger partial charge is 0.419 e. The molecule has 0 radical (unpaired) electrons. The summed E-state index contributed by atoms with van der Waals surface area (Å²) in [4.78, 5) is 24.0. The molecule has 1 heterocycles. The van der Waals surface area contributed by atoms with E-state index in [1.807, 2.05) is 32.0 Å².